The quantitative estimate of drug-likeness (QED) is 0.634. The lowest BCUT2D eigenvalue weighted by Crippen LogP contribution is -2.22. The molecule has 2 atom stereocenters. The molecule has 2 rings (SSSR count). The molecule has 1 aromatic rings. The number of halogens is 3. The van der Waals surface area contributed by atoms with E-state index < -0.39 is 11.6 Å². The van der Waals surface area contributed by atoms with Crippen LogP contribution in [0.4, 0.5) is 8.78 Å². The molecule has 0 saturated heterocycles. The van der Waals surface area contributed by atoms with Crippen molar-refractivity contribution in [3.8, 4) is 0 Å². The first-order chi connectivity index (χ1) is 8.33. The lowest BCUT2D eigenvalue weighted by atomic mass is 9.78. The van der Waals surface area contributed by atoms with Crippen molar-refractivity contribution in [2.75, 3.05) is 0 Å². The van der Waals surface area contributed by atoms with Crippen LogP contribution in [-0.2, 0) is 0 Å². The Hall–Kier alpha value is -0.630. The van der Waals surface area contributed by atoms with Crippen LogP contribution in [0.2, 0.25) is 0 Å². The minimum atomic E-state index is -0.527. The molecule has 0 N–H and O–H groups in total. The van der Waals surface area contributed by atoms with Crippen LogP contribution < -0.4 is 0 Å². The number of alkyl halides is 1. The van der Waals surface area contributed by atoms with E-state index in [1.54, 1.807) is 13.0 Å². The van der Waals surface area contributed by atoms with E-state index in [0.29, 0.717) is 11.1 Å². The standard InChI is InChI=1S/C15H19ClF2/c1-9-7-10(13(18)8-12(9)17)14(16)11-5-4-6-15(11,2)3/h7-8,11,14H,4-6H2,1-3H3. The van der Waals surface area contributed by atoms with Crippen molar-refractivity contribution in [3.05, 3.63) is 34.9 Å². The van der Waals surface area contributed by atoms with Crippen molar-refractivity contribution in [2.24, 2.45) is 11.3 Å². The fourth-order valence-corrected chi connectivity index (χ4v) is 3.64. The molecular formula is C15H19ClF2. The van der Waals surface area contributed by atoms with Gasteiger partial charge < -0.3 is 0 Å². The first-order valence-corrected chi connectivity index (χ1v) is 6.86. The van der Waals surface area contributed by atoms with E-state index >= 15 is 0 Å². The van der Waals surface area contributed by atoms with Gasteiger partial charge in [0.25, 0.3) is 0 Å². The molecule has 1 aromatic carbocycles. The monoisotopic (exact) mass is 272 g/mol. The minimum absolute atomic E-state index is 0.126. The van der Waals surface area contributed by atoms with Crippen molar-refractivity contribution < 1.29 is 8.78 Å². The van der Waals surface area contributed by atoms with Crippen LogP contribution in [-0.4, -0.2) is 0 Å². The Labute approximate surface area is 112 Å². The summed E-state index contributed by atoms with van der Waals surface area (Å²) in [6.45, 7) is 5.99. The molecule has 0 radical (unpaired) electrons. The van der Waals surface area contributed by atoms with Gasteiger partial charge in [0.05, 0.1) is 5.38 Å². The number of benzene rings is 1. The molecule has 0 heterocycles. The van der Waals surface area contributed by atoms with Gasteiger partial charge >= 0.3 is 0 Å². The fourth-order valence-electron chi connectivity index (χ4n) is 3.00. The third-order valence-electron chi connectivity index (χ3n) is 4.27. The average molecular weight is 273 g/mol. The summed E-state index contributed by atoms with van der Waals surface area (Å²) < 4.78 is 27.1. The molecule has 0 aliphatic heterocycles. The number of hydrogen-bond donors (Lipinski definition) is 0. The van der Waals surface area contributed by atoms with Crippen LogP contribution in [0.25, 0.3) is 0 Å². The van der Waals surface area contributed by atoms with Gasteiger partial charge in [-0.15, -0.1) is 11.6 Å². The highest BCUT2D eigenvalue weighted by molar-refractivity contribution is 6.21. The van der Waals surface area contributed by atoms with Gasteiger partial charge in [0, 0.05) is 11.6 Å². The molecule has 0 nitrogen and oxygen atoms in total. The van der Waals surface area contributed by atoms with E-state index in [-0.39, 0.29) is 16.7 Å². The fraction of sp³-hybridized carbons (Fsp3) is 0.600. The molecule has 2 unspecified atom stereocenters. The van der Waals surface area contributed by atoms with Gasteiger partial charge in [0.15, 0.2) is 0 Å². The molecule has 1 aliphatic rings. The van der Waals surface area contributed by atoms with Gasteiger partial charge in [0.1, 0.15) is 11.6 Å². The second kappa shape index (κ2) is 4.80. The molecule has 18 heavy (non-hydrogen) atoms. The van der Waals surface area contributed by atoms with Crippen LogP contribution in [0, 0.1) is 29.9 Å². The Balaban J connectivity index is 2.34. The van der Waals surface area contributed by atoms with Crippen molar-refractivity contribution in [3.63, 3.8) is 0 Å². The zero-order valence-corrected chi connectivity index (χ0v) is 11.8. The van der Waals surface area contributed by atoms with Crippen LogP contribution >= 0.6 is 11.6 Å². The summed E-state index contributed by atoms with van der Waals surface area (Å²) in [6.07, 6.45) is 3.25. The summed E-state index contributed by atoms with van der Waals surface area (Å²) in [5, 5.41) is -0.373. The van der Waals surface area contributed by atoms with Gasteiger partial charge in [-0.3, -0.25) is 0 Å². The highest BCUT2D eigenvalue weighted by atomic mass is 35.5. The van der Waals surface area contributed by atoms with Gasteiger partial charge in [-0.05, 0) is 42.7 Å². The second-order valence-corrected chi connectivity index (χ2v) is 6.48. The molecule has 0 aromatic heterocycles. The van der Waals surface area contributed by atoms with Crippen molar-refractivity contribution >= 4 is 11.6 Å². The van der Waals surface area contributed by atoms with E-state index in [4.69, 9.17) is 11.6 Å². The Kier molecular flexibility index (Phi) is 3.68. The van der Waals surface area contributed by atoms with E-state index in [9.17, 15) is 8.78 Å². The molecule has 0 spiro atoms. The van der Waals surface area contributed by atoms with Gasteiger partial charge in [0.2, 0.25) is 0 Å². The Morgan fingerprint density at radius 2 is 1.94 bits per heavy atom. The Bertz CT molecular complexity index is 454. The van der Waals surface area contributed by atoms with Gasteiger partial charge in [-0.25, -0.2) is 8.78 Å². The average Bonchev–Trinajstić information content (AvgIpc) is 2.62. The lowest BCUT2D eigenvalue weighted by molar-refractivity contribution is 0.250. The molecule has 0 bridgehead atoms. The topological polar surface area (TPSA) is 0 Å². The van der Waals surface area contributed by atoms with E-state index in [1.807, 2.05) is 0 Å². The van der Waals surface area contributed by atoms with Crippen LogP contribution in [0.15, 0.2) is 12.1 Å². The smallest absolute Gasteiger partial charge is 0.130 e. The van der Waals surface area contributed by atoms with Crippen molar-refractivity contribution in [2.45, 2.75) is 45.4 Å². The third-order valence-corrected chi connectivity index (χ3v) is 4.81. The summed E-state index contributed by atoms with van der Waals surface area (Å²) in [6, 6.07) is 2.50. The van der Waals surface area contributed by atoms with Crippen molar-refractivity contribution in [1.29, 1.82) is 0 Å². The highest BCUT2D eigenvalue weighted by Crippen LogP contribution is 2.51. The van der Waals surface area contributed by atoms with E-state index in [2.05, 4.69) is 13.8 Å². The highest BCUT2D eigenvalue weighted by Gasteiger charge is 2.40. The Morgan fingerprint density at radius 1 is 1.28 bits per heavy atom. The summed E-state index contributed by atoms with van der Waals surface area (Å²) in [5.41, 5.74) is 1.02. The number of rotatable bonds is 2. The molecule has 0 amide bonds. The lowest BCUT2D eigenvalue weighted by Gasteiger charge is -2.31. The first-order valence-electron chi connectivity index (χ1n) is 6.42. The summed E-state index contributed by atoms with van der Waals surface area (Å²) in [4.78, 5) is 0. The second-order valence-electron chi connectivity index (χ2n) is 6.01. The summed E-state index contributed by atoms with van der Waals surface area (Å²) in [5.74, 6) is -0.787. The van der Waals surface area contributed by atoms with E-state index in [1.165, 1.54) is 0 Å². The normalized spacial score (nSPS) is 24.2. The maximum Gasteiger partial charge on any atom is 0.130 e. The third kappa shape index (κ3) is 2.40. The number of hydrogen-bond acceptors (Lipinski definition) is 0. The SMILES string of the molecule is Cc1cc(C(Cl)C2CCCC2(C)C)c(F)cc1F. The van der Waals surface area contributed by atoms with Crippen LogP contribution in [0.3, 0.4) is 0 Å². The number of aryl methyl sites for hydroxylation is 1. The zero-order valence-electron chi connectivity index (χ0n) is 11.1. The minimum Gasteiger partial charge on any atom is -0.207 e. The summed E-state index contributed by atoms with van der Waals surface area (Å²) in [7, 11) is 0. The van der Waals surface area contributed by atoms with Crippen molar-refractivity contribution in [1.82, 2.24) is 0 Å². The van der Waals surface area contributed by atoms with Crippen LogP contribution in [0.5, 0.6) is 0 Å². The summed E-state index contributed by atoms with van der Waals surface area (Å²) >= 11 is 6.46. The molecule has 1 fully saturated rings. The van der Waals surface area contributed by atoms with Crippen LogP contribution in [0.1, 0.15) is 49.6 Å². The first kappa shape index (κ1) is 13.8. The predicted octanol–water partition coefficient (Wildman–Crippen LogP) is 5.38. The van der Waals surface area contributed by atoms with E-state index in [0.717, 1.165) is 25.3 Å². The largest absolute Gasteiger partial charge is 0.207 e. The van der Waals surface area contributed by atoms with Gasteiger partial charge in [-0.1, -0.05) is 20.3 Å². The molecule has 1 aliphatic carbocycles. The molecular weight excluding hydrogens is 254 g/mol. The molecule has 1 saturated carbocycles. The maximum atomic E-state index is 13.9. The van der Waals surface area contributed by atoms with Gasteiger partial charge in [-0.2, -0.15) is 0 Å². The molecule has 100 valence electrons. The zero-order chi connectivity index (χ0) is 13.5. The Morgan fingerprint density at radius 3 is 2.50 bits per heavy atom. The molecule has 3 heteroatoms. The predicted molar refractivity (Wildman–Crippen MR) is 70.8 cm³/mol. The maximum absolute atomic E-state index is 13.9.